The second-order valence-corrected chi connectivity index (χ2v) is 7.90. The maximum Gasteiger partial charge on any atom is 0.337 e. The van der Waals surface area contributed by atoms with Crippen LogP contribution in [0.3, 0.4) is 0 Å². The number of hydrogen-bond acceptors (Lipinski definition) is 4. The Bertz CT molecular complexity index is 546. The van der Waals surface area contributed by atoms with Gasteiger partial charge in [-0.2, -0.15) is 0 Å². The average molecular weight is 384 g/mol. The van der Waals surface area contributed by atoms with E-state index < -0.39 is 0 Å². The highest BCUT2D eigenvalue weighted by molar-refractivity contribution is 9.10. The maximum absolute atomic E-state index is 11.6. The van der Waals surface area contributed by atoms with Gasteiger partial charge in [0.15, 0.2) is 0 Å². The van der Waals surface area contributed by atoms with Crippen LogP contribution in [0.25, 0.3) is 0 Å². The van der Waals surface area contributed by atoms with Crippen molar-refractivity contribution in [1.82, 2.24) is 4.90 Å². The van der Waals surface area contributed by atoms with Crippen LogP contribution in [-0.4, -0.2) is 43.2 Å². The number of likely N-dealkylation sites (tertiary alicyclic amines) is 1. The van der Waals surface area contributed by atoms with Crippen LogP contribution < -0.4 is 4.74 Å². The molecule has 23 heavy (non-hydrogen) atoms. The van der Waals surface area contributed by atoms with E-state index in [1.54, 1.807) is 12.1 Å². The fourth-order valence-electron chi connectivity index (χ4n) is 2.84. The summed E-state index contributed by atoms with van der Waals surface area (Å²) in [4.78, 5) is 14.1. The van der Waals surface area contributed by atoms with E-state index in [0.29, 0.717) is 23.8 Å². The molecule has 1 fully saturated rings. The molecule has 0 atom stereocenters. The van der Waals surface area contributed by atoms with Gasteiger partial charge in [-0.15, -0.1) is 0 Å². The van der Waals surface area contributed by atoms with Crippen molar-refractivity contribution in [3.8, 4) is 5.75 Å². The van der Waals surface area contributed by atoms with Gasteiger partial charge in [0.1, 0.15) is 5.75 Å². The minimum Gasteiger partial charge on any atom is -0.492 e. The third-order valence-corrected chi connectivity index (χ3v) is 5.05. The number of rotatable bonds is 4. The lowest BCUT2D eigenvalue weighted by Gasteiger charge is -2.40. The first-order chi connectivity index (χ1) is 10.8. The number of carbonyl (C=O) groups is 1. The minimum absolute atomic E-state index is 0.240. The van der Waals surface area contributed by atoms with Crippen molar-refractivity contribution in [2.75, 3.05) is 26.8 Å². The monoisotopic (exact) mass is 383 g/mol. The number of piperidine rings is 1. The van der Waals surface area contributed by atoms with E-state index in [4.69, 9.17) is 9.47 Å². The number of methoxy groups -OCH3 is 1. The van der Waals surface area contributed by atoms with Crippen molar-refractivity contribution < 1.29 is 14.3 Å². The molecule has 1 aliphatic rings. The Labute approximate surface area is 147 Å². The van der Waals surface area contributed by atoms with Crippen LogP contribution in [0, 0.1) is 5.92 Å². The normalized spacial score (nSPS) is 17.1. The average Bonchev–Trinajstić information content (AvgIpc) is 2.53. The minimum atomic E-state index is -0.346. The zero-order valence-corrected chi connectivity index (χ0v) is 16.0. The van der Waals surface area contributed by atoms with Gasteiger partial charge < -0.3 is 9.47 Å². The summed E-state index contributed by atoms with van der Waals surface area (Å²) in [6, 6.07) is 5.29. The molecular weight excluding hydrogens is 358 g/mol. The standard InChI is InChI=1S/C18H26BrNO3/c1-18(2,3)20-9-7-13(8-10-20)12-23-16-11-14(17(21)22-4)5-6-15(16)19/h5-6,11,13H,7-10,12H2,1-4H3. The molecule has 4 nitrogen and oxygen atoms in total. The maximum atomic E-state index is 11.6. The summed E-state index contributed by atoms with van der Waals surface area (Å²) in [5.74, 6) is 0.911. The van der Waals surface area contributed by atoms with Gasteiger partial charge in [-0.25, -0.2) is 4.79 Å². The number of halogens is 1. The Balaban J connectivity index is 1.91. The third kappa shape index (κ3) is 4.95. The van der Waals surface area contributed by atoms with E-state index in [9.17, 15) is 4.79 Å². The smallest absolute Gasteiger partial charge is 0.337 e. The lowest BCUT2D eigenvalue weighted by molar-refractivity contribution is 0.0599. The molecule has 0 aliphatic carbocycles. The van der Waals surface area contributed by atoms with Crippen molar-refractivity contribution in [3.63, 3.8) is 0 Å². The van der Waals surface area contributed by atoms with E-state index >= 15 is 0 Å². The largest absolute Gasteiger partial charge is 0.492 e. The molecule has 0 amide bonds. The van der Waals surface area contributed by atoms with E-state index in [-0.39, 0.29) is 11.5 Å². The first-order valence-electron chi connectivity index (χ1n) is 8.07. The fourth-order valence-corrected chi connectivity index (χ4v) is 3.20. The number of carbonyl (C=O) groups excluding carboxylic acids is 1. The first-order valence-corrected chi connectivity index (χ1v) is 8.86. The molecule has 2 rings (SSSR count). The van der Waals surface area contributed by atoms with Crippen molar-refractivity contribution in [2.45, 2.75) is 39.2 Å². The summed E-state index contributed by atoms with van der Waals surface area (Å²) in [5.41, 5.74) is 0.747. The van der Waals surface area contributed by atoms with Gasteiger partial charge in [0, 0.05) is 5.54 Å². The van der Waals surface area contributed by atoms with Crippen molar-refractivity contribution >= 4 is 21.9 Å². The van der Waals surface area contributed by atoms with Gasteiger partial charge >= 0.3 is 5.97 Å². The van der Waals surface area contributed by atoms with Crippen LogP contribution >= 0.6 is 15.9 Å². The van der Waals surface area contributed by atoms with Crippen LogP contribution in [0.15, 0.2) is 22.7 Å². The Morgan fingerprint density at radius 3 is 2.52 bits per heavy atom. The Kier molecular flexibility index (Phi) is 6.09. The molecule has 1 saturated heterocycles. The molecule has 1 heterocycles. The Hall–Kier alpha value is -1.07. The van der Waals surface area contributed by atoms with E-state index in [2.05, 4.69) is 41.6 Å². The fraction of sp³-hybridized carbons (Fsp3) is 0.611. The molecule has 0 N–H and O–H groups in total. The highest BCUT2D eigenvalue weighted by Crippen LogP contribution is 2.29. The van der Waals surface area contributed by atoms with Crippen molar-refractivity contribution in [3.05, 3.63) is 28.2 Å². The molecule has 0 aromatic heterocycles. The van der Waals surface area contributed by atoms with Crippen LogP contribution in [0.2, 0.25) is 0 Å². The molecule has 1 aromatic rings. The number of hydrogen-bond donors (Lipinski definition) is 0. The van der Waals surface area contributed by atoms with E-state index in [0.717, 1.165) is 30.4 Å². The van der Waals surface area contributed by atoms with E-state index in [1.807, 2.05) is 6.07 Å². The summed E-state index contributed by atoms with van der Waals surface area (Å²) >= 11 is 3.48. The molecular formula is C18H26BrNO3. The van der Waals surface area contributed by atoms with E-state index in [1.165, 1.54) is 7.11 Å². The van der Waals surface area contributed by atoms with Gasteiger partial charge in [-0.1, -0.05) is 0 Å². The van der Waals surface area contributed by atoms with Gasteiger partial charge in [0.2, 0.25) is 0 Å². The van der Waals surface area contributed by atoms with Gasteiger partial charge in [-0.3, -0.25) is 4.90 Å². The summed E-state index contributed by atoms with van der Waals surface area (Å²) in [7, 11) is 1.38. The van der Waals surface area contributed by atoms with Crippen molar-refractivity contribution in [1.29, 1.82) is 0 Å². The second kappa shape index (κ2) is 7.67. The van der Waals surface area contributed by atoms with Crippen LogP contribution in [-0.2, 0) is 4.74 Å². The lowest BCUT2D eigenvalue weighted by atomic mass is 9.94. The predicted molar refractivity (Wildman–Crippen MR) is 95.0 cm³/mol. The zero-order valence-electron chi connectivity index (χ0n) is 14.4. The molecule has 128 valence electrons. The number of esters is 1. The van der Waals surface area contributed by atoms with Crippen LogP contribution in [0.4, 0.5) is 0 Å². The van der Waals surface area contributed by atoms with Gasteiger partial charge in [0.05, 0.1) is 23.8 Å². The summed E-state index contributed by atoms with van der Waals surface area (Å²) in [5, 5.41) is 0. The molecule has 0 bridgehead atoms. The second-order valence-electron chi connectivity index (χ2n) is 7.05. The molecule has 0 radical (unpaired) electrons. The van der Waals surface area contributed by atoms with Crippen LogP contribution in [0.1, 0.15) is 44.0 Å². The topological polar surface area (TPSA) is 38.8 Å². The van der Waals surface area contributed by atoms with Crippen molar-refractivity contribution in [2.24, 2.45) is 5.92 Å². The molecule has 5 heteroatoms. The quantitative estimate of drug-likeness (QED) is 0.732. The van der Waals surface area contributed by atoms with Gasteiger partial charge in [-0.05, 0) is 86.7 Å². The number of benzene rings is 1. The predicted octanol–water partition coefficient (Wildman–Crippen LogP) is 4.13. The SMILES string of the molecule is COC(=O)c1ccc(Br)c(OCC2CCN(C(C)(C)C)CC2)c1. The molecule has 0 spiro atoms. The summed E-state index contributed by atoms with van der Waals surface area (Å²) in [6.07, 6.45) is 2.29. The molecule has 0 unspecified atom stereocenters. The molecule has 1 aliphatic heterocycles. The van der Waals surface area contributed by atoms with Crippen LogP contribution in [0.5, 0.6) is 5.75 Å². The summed E-state index contributed by atoms with van der Waals surface area (Å²) < 4.78 is 11.6. The third-order valence-electron chi connectivity index (χ3n) is 4.39. The first kappa shape index (κ1) is 18.3. The molecule has 0 saturated carbocycles. The Morgan fingerprint density at radius 2 is 1.96 bits per heavy atom. The number of nitrogens with zero attached hydrogens (tertiary/aromatic N) is 1. The van der Waals surface area contributed by atoms with Gasteiger partial charge in [0.25, 0.3) is 0 Å². The number of ether oxygens (including phenoxy) is 2. The Morgan fingerprint density at radius 1 is 1.30 bits per heavy atom. The lowest BCUT2D eigenvalue weighted by Crippen LogP contribution is -2.46. The molecule has 1 aromatic carbocycles. The highest BCUT2D eigenvalue weighted by atomic mass is 79.9. The zero-order chi connectivity index (χ0) is 17.0. The summed E-state index contributed by atoms with van der Waals surface area (Å²) in [6.45, 7) is 9.70. The highest BCUT2D eigenvalue weighted by Gasteiger charge is 2.27.